The largest absolute Gasteiger partial charge is 0.484 e. The van der Waals surface area contributed by atoms with Gasteiger partial charge in [0.15, 0.2) is 12.3 Å². The van der Waals surface area contributed by atoms with Crippen LogP contribution in [0.4, 0.5) is 0 Å². The predicted octanol–water partition coefficient (Wildman–Crippen LogP) is 2.13. The number of carbonyl (C=O) groups excluding carboxylic acids is 2. The van der Waals surface area contributed by atoms with Crippen LogP contribution in [0.15, 0.2) is 28.9 Å². The van der Waals surface area contributed by atoms with E-state index < -0.39 is 6.04 Å². The molecule has 0 radical (unpaired) electrons. The van der Waals surface area contributed by atoms with Crippen LogP contribution in [0.2, 0.25) is 0 Å². The maximum Gasteiger partial charge on any atom is 0.276 e. The molecule has 0 spiro atoms. The first-order valence-electron chi connectivity index (χ1n) is 8.54. The molecule has 1 fully saturated rings. The van der Waals surface area contributed by atoms with Crippen molar-refractivity contribution in [1.29, 1.82) is 0 Å². The molecule has 27 heavy (non-hydrogen) atoms. The lowest BCUT2D eigenvalue weighted by Gasteiger charge is -2.32. The van der Waals surface area contributed by atoms with Crippen molar-refractivity contribution in [3.63, 3.8) is 0 Å². The number of nitrogens with zero attached hydrogens (tertiary/aromatic N) is 3. The number of aromatic nitrogens is 2. The Hall–Kier alpha value is -2.94. The maximum atomic E-state index is 12.6. The Morgan fingerprint density at radius 2 is 2.30 bits per heavy atom. The molecule has 1 saturated heterocycles. The number of amides is 2. The number of nitrogens with one attached hydrogen (secondary N) is 1. The van der Waals surface area contributed by atoms with Gasteiger partial charge in [-0.15, -0.1) is 11.3 Å². The number of hydrogen-bond acceptors (Lipinski definition) is 7. The van der Waals surface area contributed by atoms with E-state index in [-0.39, 0.29) is 24.1 Å². The molecule has 1 N–H and O–H groups in total. The van der Waals surface area contributed by atoms with Crippen LogP contribution in [-0.2, 0) is 11.4 Å². The average molecular weight is 386 g/mol. The summed E-state index contributed by atoms with van der Waals surface area (Å²) in [5.41, 5.74) is 1.05. The fourth-order valence-electron chi connectivity index (χ4n) is 2.94. The minimum Gasteiger partial charge on any atom is -0.484 e. The standard InChI is InChI=1S/C18H18N4O4S/c1-10-17(23)19-5-6-22(10)18(24)14-8-26-16(21-14)9-25-12-3-4-15-13(7-12)20-11(2)27-15/h3-4,7-8,10H,5-6,9H2,1-2H3,(H,19,23)/t10-/m1/s1. The third-order valence-electron chi connectivity index (χ3n) is 4.36. The Morgan fingerprint density at radius 1 is 1.44 bits per heavy atom. The number of oxazole rings is 1. The predicted molar refractivity (Wildman–Crippen MR) is 98.7 cm³/mol. The molecule has 8 nitrogen and oxygen atoms in total. The zero-order valence-electron chi connectivity index (χ0n) is 14.9. The summed E-state index contributed by atoms with van der Waals surface area (Å²) in [5.74, 6) is 0.447. The number of ether oxygens (including phenoxy) is 1. The lowest BCUT2D eigenvalue weighted by atomic mass is 10.2. The number of carbonyl (C=O) groups is 2. The van der Waals surface area contributed by atoms with Gasteiger partial charge in [-0.1, -0.05) is 0 Å². The molecule has 0 unspecified atom stereocenters. The molecular formula is C18H18N4O4S. The molecule has 9 heteroatoms. The van der Waals surface area contributed by atoms with Gasteiger partial charge < -0.3 is 19.4 Å². The van der Waals surface area contributed by atoms with Crippen molar-refractivity contribution in [2.24, 2.45) is 0 Å². The average Bonchev–Trinajstić information content (AvgIpc) is 3.27. The van der Waals surface area contributed by atoms with Crippen LogP contribution in [0.1, 0.15) is 28.3 Å². The van der Waals surface area contributed by atoms with Gasteiger partial charge in [0.05, 0.1) is 15.2 Å². The highest BCUT2D eigenvalue weighted by molar-refractivity contribution is 7.18. The highest BCUT2D eigenvalue weighted by Gasteiger charge is 2.31. The van der Waals surface area contributed by atoms with E-state index >= 15 is 0 Å². The summed E-state index contributed by atoms with van der Waals surface area (Å²) < 4.78 is 12.2. The molecule has 2 amide bonds. The lowest BCUT2D eigenvalue weighted by Crippen LogP contribution is -2.55. The van der Waals surface area contributed by atoms with Crippen LogP contribution in [0.25, 0.3) is 10.2 Å². The summed E-state index contributed by atoms with van der Waals surface area (Å²) in [6.07, 6.45) is 1.30. The Labute approximate surface area is 159 Å². The molecular weight excluding hydrogens is 368 g/mol. The van der Waals surface area contributed by atoms with Crippen LogP contribution < -0.4 is 10.1 Å². The molecule has 0 bridgehead atoms. The minimum atomic E-state index is -0.532. The van der Waals surface area contributed by atoms with E-state index in [1.807, 2.05) is 25.1 Å². The molecule has 0 saturated carbocycles. The van der Waals surface area contributed by atoms with Crippen molar-refractivity contribution >= 4 is 33.4 Å². The first-order valence-corrected chi connectivity index (χ1v) is 9.36. The van der Waals surface area contributed by atoms with Crippen molar-refractivity contribution in [2.75, 3.05) is 13.1 Å². The highest BCUT2D eigenvalue weighted by Crippen LogP contribution is 2.26. The summed E-state index contributed by atoms with van der Waals surface area (Å²) in [4.78, 5) is 34.4. The van der Waals surface area contributed by atoms with Gasteiger partial charge in [0.1, 0.15) is 18.1 Å². The van der Waals surface area contributed by atoms with Crippen molar-refractivity contribution in [3.05, 3.63) is 41.1 Å². The van der Waals surface area contributed by atoms with Crippen LogP contribution in [0.3, 0.4) is 0 Å². The molecule has 140 valence electrons. The third kappa shape index (κ3) is 3.50. The van der Waals surface area contributed by atoms with Gasteiger partial charge in [0.25, 0.3) is 5.91 Å². The van der Waals surface area contributed by atoms with Crippen LogP contribution in [-0.4, -0.2) is 45.8 Å². The first kappa shape index (κ1) is 17.5. The Kier molecular flexibility index (Phi) is 4.53. The van der Waals surface area contributed by atoms with Crippen LogP contribution in [0, 0.1) is 6.92 Å². The number of benzene rings is 1. The molecule has 1 aromatic carbocycles. The summed E-state index contributed by atoms with van der Waals surface area (Å²) in [6.45, 7) is 4.62. The molecule has 1 aliphatic rings. The summed E-state index contributed by atoms with van der Waals surface area (Å²) in [5, 5.41) is 3.72. The number of fused-ring (bicyclic) bond motifs is 1. The number of aryl methyl sites for hydroxylation is 1. The second-order valence-electron chi connectivity index (χ2n) is 6.24. The topological polar surface area (TPSA) is 97.6 Å². The summed E-state index contributed by atoms with van der Waals surface area (Å²) >= 11 is 1.63. The second kappa shape index (κ2) is 6.99. The zero-order chi connectivity index (χ0) is 19.0. The van der Waals surface area contributed by atoms with Gasteiger partial charge in [0.2, 0.25) is 11.8 Å². The molecule has 2 aromatic heterocycles. The molecule has 1 aliphatic heterocycles. The number of hydrogen-bond donors (Lipinski definition) is 1. The second-order valence-corrected chi connectivity index (χ2v) is 7.48. The fourth-order valence-corrected chi connectivity index (χ4v) is 3.75. The quantitative estimate of drug-likeness (QED) is 0.738. The fraction of sp³-hybridized carbons (Fsp3) is 0.333. The van der Waals surface area contributed by atoms with Gasteiger partial charge in [0, 0.05) is 19.2 Å². The van der Waals surface area contributed by atoms with E-state index in [4.69, 9.17) is 9.15 Å². The van der Waals surface area contributed by atoms with Gasteiger partial charge in [-0.25, -0.2) is 9.97 Å². The van der Waals surface area contributed by atoms with Crippen molar-refractivity contribution < 1.29 is 18.7 Å². The summed E-state index contributed by atoms with van der Waals surface area (Å²) in [6, 6.07) is 5.16. The summed E-state index contributed by atoms with van der Waals surface area (Å²) in [7, 11) is 0. The van der Waals surface area contributed by atoms with Gasteiger partial charge >= 0.3 is 0 Å². The third-order valence-corrected chi connectivity index (χ3v) is 5.31. The molecule has 3 heterocycles. The molecule has 1 atom stereocenters. The smallest absolute Gasteiger partial charge is 0.276 e. The zero-order valence-corrected chi connectivity index (χ0v) is 15.7. The van der Waals surface area contributed by atoms with Crippen molar-refractivity contribution in [1.82, 2.24) is 20.2 Å². The lowest BCUT2D eigenvalue weighted by molar-refractivity contribution is -0.127. The Bertz CT molecular complexity index is 1010. The van der Waals surface area contributed by atoms with Crippen LogP contribution >= 0.6 is 11.3 Å². The van der Waals surface area contributed by atoms with Gasteiger partial charge in [-0.3, -0.25) is 9.59 Å². The molecule has 4 rings (SSSR count). The number of thiazole rings is 1. The first-order chi connectivity index (χ1) is 13.0. The molecule has 3 aromatic rings. The SMILES string of the molecule is Cc1nc2cc(OCc3nc(C(=O)N4CCNC(=O)[C@H]4C)co3)ccc2s1. The number of rotatable bonds is 4. The van der Waals surface area contributed by atoms with E-state index in [0.29, 0.717) is 24.7 Å². The van der Waals surface area contributed by atoms with Gasteiger partial charge in [-0.05, 0) is 26.0 Å². The minimum absolute atomic E-state index is 0.0952. The monoisotopic (exact) mass is 386 g/mol. The van der Waals surface area contributed by atoms with E-state index in [1.54, 1.807) is 18.3 Å². The van der Waals surface area contributed by atoms with E-state index in [2.05, 4.69) is 15.3 Å². The van der Waals surface area contributed by atoms with Crippen molar-refractivity contribution in [2.45, 2.75) is 26.5 Å². The highest BCUT2D eigenvalue weighted by atomic mass is 32.1. The van der Waals surface area contributed by atoms with E-state index in [1.165, 1.54) is 11.2 Å². The van der Waals surface area contributed by atoms with E-state index in [0.717, 1.165) is 15.2 Å². The van der Waals surface area contributed by atoms with Crippen LogP contribution in [0.5, 0.6) is 5.75 Å². The maximum absolute atomic E-state index is 12.6. The number of piperazine rings is 1. The Morgan fingerprint density at radius 3 is 3.15 bits per heavy atom. The Balaban J connectivity index is 1.42. The molecule has 0 aliphatic carbocycles. The van der Waals surface area contributed by atoms with Gasteiger partial charge in [-0.2, -0.15) is 0 Å². The van der Waals surface area contributed by atoms with E-state index in [9.17, 15) is 9.59 Å². The normalized spacial score (nSPS) is 17.2. The van der Waals surface area contributed by atoms with Crippen molar-refractivity contribution in [3.8, 4) is 5.75 Å².